The van der Waals surface area contributed by atoms with E-state index in [-0.39, 0.29) is 5.82 Å². The molecule has 0 saturated heterocycles. The Labute approximate surface area is 98.4 Å². The van der Waals surface area contributed by atoms with Crippen molar-refractivity contribution >= 4 is 28.2 Å². The van der Waals surface area contributed by atoms with Crippen LogP contribution in [0.2, 0.25) is 5.02 Å². The fraction of sp³-hybridized carbons (Fsp3) is 0.250. The maximum atomic E-state index is 13.6. The van der Waals surface area contributed by atoms with E-state index in [0.717, 1.165) is 16.9 Å². The van der Waals surface area contributed by atoms with E-state index in [2.05, 4.69) is 10.3 Å². The number of aryl methyl sites for hydroxylation is 1. The van der Waals surface area contributed by atoms with Gasteiger partial charge in [-0.25, -0.2) is 9.37 Å². The lowest BCUT2D eigenvalue weighted by atomic mass is 10.1. The molecule has 0 fully saturated rings. The maximum absolute atomic E-state index is 13.6. The van der Waals surface area contributed by atoms with Crippen molar-refractivity contribution in [3.8, 4) is 0 Å². The lowest BCUT2D eigenvalue weighted by Gasteiger charge is -2.13. The summed E-state index contributed by atoms with van der Waals surface area (Å²) >= 11 is 6.09. The summed E-state index contributed by atoms with van der Waals surface area (Å²) in [4.78, 5) is 4.24. The van der Waals surface area contributed by atoms with E-state index in [1.807, 2.05) is 13.8 Å². The fourth-order valence-corrected chi connectivity index (χ4v) is 2.07. The molecular formula is C12H12ClFN2. The molecule has 0 spiro atoms. The number of hydrogen-bond donors (Lipinski definition) is 1. The second-order valence-electron chi connectivity index (χ2n) is 3.70. The summed E-state index contributed by atoms with van der Waals surface area (Å²) in [5.74, 6) is -0.348. The summed E-state index contributed by atoms with van der Waals surface area (Å²) in [6, 6.07) is 2.89. The van der Waals surface area contributed by atoms with E-state index in [1.54, 1.807) is 13.1 Å². The van der Waals surface area contributed by atoms with E-state index < -0.39 is 0 Å². The topological polar surface area (TPSA) is 24.9 Å². The Kier molecular flexibility index (Phi) is 2.72. The van der Waals surface area contributed by atoms with Gasteiger partial charge in [-0.15, -0.1) is 0 Å². The highest BCUT2D eigenvalue weighted by molar-refractivity contribution is 6.36. The molecule has 0 radical (unpaired) electrons. The lowest BCUT2D eigenvalue weighted by Crippen LogP contribution is -2.00. The lowest BCUT2D eigenvalue weighted by molar-refractivity contribution is 0.636. The van der Waals surface area contributed by atoms with Crippen molar-refractivity contribution in [1.29, 1.82) is 0 Å². The van der Waals surface area contributed by atoms with Crippen molar-refractivity contribution < 1.29 is 4.39 Å². The summed E-state index contributed by atoms with van der Waals surface area (Å²) in [7, 11) is 1.79. The molecule has 84 valence electrons. The van der Waals surface area contributed by atoms with Gasteiger partial charge in [0.2, 0.25) is 0 Å². The van der Waals surface area contributed by atoms with Gasteiger partial charge in [0, 0.05) is 23.8 Å². The van der Waals surface area contributed by atoms with Gasteiger partial charge >= 0.3 is 0 Å². The Bertz CT molecular complexity index is 567. The molecule has 0 amide bonds. The summed E-state index contributed by atoms with van der Waals surface area (Å²) in [6.07, 6.45) is 0. The van der Waals surface area contributed by atoms with Gasteiger partial charge in [-0.2, -0.15) is 0 Å². The van der Waals surface area contributed by atoms with Crippen LogP contribution in [0.15, 0.2) is 12.1 Å². The molecule has 0 bridgehead atoms. The molecule has 2 nitrogen and oxygen atoms in total. The normalized spacial score (nSPS) is 10.8. The van der Waals surface area contributed by atoms with Crippen LogP contribution >= 0.6 is 11.6 Å². The number of halogens is 2. The number of rotatable bonds is 1. The van der Waals surface area contributed by atoms with Gasteiger partial charge in [0.1, 0.15) is 11.3 Å². The van der Waals surface area contributed by atoms with Crippen LogP contribution in [0.5, 0.6) is 0 Å². The van der Waals surface area contributed by atoms with Crippen molar-refractivity contribution in [1.82, 2.24) is 4.98 Å². The first-order chi connectivity index (χ1) is 7.56. The standard InChI is InChI=1S/C12H12ClFN2/c1-6-7(2)16-12-9(14)5-4-8(13)10(12)11(6)15-3/h4-5H,1-3H3,(H,15,16). The van der Waals surface area contributed by atoms with Crippen LogP contribution in [0.25, 0.3) is 10.9 Å². The largest absolute Gasteiger partial charge is 0.387 e. The van der Waals surface area contributed by atoms with E-state index >= 15 is 0 Å². The molecule has 0 saturated carbocycles. The number of hydrogen-bond acceptors (Lipinski definition) is 2. The number of anilines is 1. The van der Waals surface area contributed by atoms with Gasteiger partial charge in [-0.3, -0.25) is 0 Å². The van der Waals surface area contributed by atoms with E-state index in [0.29, 0.717) is 15.9 Å². The molecule has 0 aliphatic heterocycles. The second kappa shape index (κ2) is 3.91. The maximum Gasteiger partial charge on any atom is 0.149 e. The highest BCUT2D eigenvalue weighted by atomic mass is 35.5. The monoisotopic (exact) mass is 238 g/mol. The van der Waals surface area contributed by atoms with Crippen molar-refractivity contribution in [2.24, 2.45) is 0 Å². The zero-order valence-electron chi connectivity index (χ0n) is 9.36. The molecule has 4 heteroatoms. The van der Waals surface area contributed by atoms with Crippen molar-refractivity contribution in [3.63, 3.8) is 0 Å². The minimum atomic E-state index is -0.348. The molecule has 1 aromatic heterocycles. The van der Waals surface area contributed by atoms with E-state index in [9.17, 15) is 4.39 Å². The SMILES string of the molecule is CNc1c(C)c(C)nc2c(F)ccc(Cl)c12. The zero-order valence-corrected chi connectivity index (χ0v) is 10.1. The molecule has 1 heterocycles. The second-order valence-corrected chi connectivity index (χ2v) is 4.11. The first-order valence-corrected chi connectivity index (χ1v) is 5.36. The third-order valence-corrected chi connectivity index (χ3v) is 3.09. The first-order valence-electron chi connectivity index (χ1n) is 4.99. The van der Waals surface area contributed by atoms with Crippen LogP contribution in [-0.4, -0.2) is 12.0 Å². The predicted octanol–water partition coefficient (Wildman–Crippen LogP) is 3.69. The summed E-state index contributed by atoms with van der Waals surface area (Å²) < 4.78 is 13.6. The van der Waals surface area contributed by atoms with Crippen molar-refractivity contribution in [2.75, 3.05) is 12.4 Å². The zero-order chi connectivity index (χ0) is 11.9. The van der Waals surface area contributed by atoms with E-state index in [1.165, 1.54) is 6.07 Å². The quantitative estimate of drug-likeness (QED) is 0.820. The number of fused-ring (bicyclic) bond motifs is 1. The Morgan fingerprint density at radius 2 is 2.00 bits per heavy atom. The Morgan fingerprint density at radius 3 is 2.62 bits per heavy atom. The average molecular weight is 239 g/mol. The summed E-state index contributed by atoms with van der Waals surface area (Å²) in [5.41, 5.74) is 2.95. The van der Waals surface area contributed by atoms with Gasteiger partial charge in [0.15, 0.2) is 0 Å². The van der Waals surface area contributed by atoms with Crippen molar-refractivity contribution in [3.05, 3.63) is 34.2 Å². The average Bonchev–Trinajstić information content (AvgIpc) is 2.26. The van der Waals surface area contributed by atoms with Crippen LogP contribution in [0.4, 0.5) is 10.1 Å². The molecular weight excluding hydrogens is 227 g/mol. The van der Waals surface area contributed by atoms with Crippen LogP contribution in [-0.2, 0) is 0 Å². The van der Waals surface area contributed by atoms with Gasteiger partial charge in [0.25, 0.3) is 0 Å². The van der Waals surface area contributed by atoms with Gasteiger partial charge in [-0.05, 0) is 31.5 Å². The van der Waals surface area contributed by atoms with Gasteiger partial charge in [0.05, 0.1) is 5.02 Å². The molecule has 2 aromatic rings. The fourth-order valence-electron chi connectivity index (χ4n) is 1.82. The molecule has 0 unspecified atom stereocenters. The molecule has 0 aliphatic carbocycles. The van der Waals surface area contributed by atoms with Crippen LogP contribution < -0.4 is 5.32 Å². The molecule has 0 atom stereocenters. The van der Waals surface area contributed by atoms with E-state index in [4.69, 9.17) is 11.6 Å². The van der Waals surface area contributed by atoms with Gasteiger partial charge in [-0.1, -0.05) is 11.6 Å². The number of nitrogens with one attached hydrogen (secondary N) is 1. The summed E-state index contributed by atoms with van der Waals surface area (Å²) in [5, 5.41) is 4.21. The minimum Gasteiger partial charge on any atom is -0.387 e. The van der Waals surface area contributed by atoms with Gasteiger partial charge < -0.3 is 5.32 Å². The number of nitrogens with zero attached hydrogens (tertiary/aromatic N) is 1. The molecule has 16 heavy (non-hydrogen) atoms. The van der Waals surface area contributed by atoms with Crippen LogP contribution in [0.3, 0.4) is 0 Å². The Balaban J connectivity index is 3.02. The summed E-state index contributed by atoms with van der Waals surface area (Å²) in [6.45, 7) is 3.80. The highest BCUT2D eigenvalue weighted by Crippen LogP contribution is 2.34. The Hall–Kier alpha value is -1.35. The molecule has 1 N–H and O–H groups in total. The van der Waals surface area contributed by atoms with Crippen LogP contribution in [0.1, 0.15) is 11.3 Å². The highest BCUT2D eigenvalue weighted by Gasteiger charge is 2.14. The predicted molar refractivity (Wildman–Crippen MR) is 65.7 cm³/mol. The molecule has 2 rings (SSSR count). The number of pyridine rings is 1. The third kappa shape index (κ3) is 1.52. The molecule has 1 aromatic carbocycles. The Morgan fingerprint density at radius 1 is 1.31 bits per heavy atom. The third-order valence-electron chi connectivity index (χ3n) is 2.78. The molecule has 0 aliphatic rings. The van der Waals surface area contributed by atoms with Crippen molar-refractivity contribution in [2.45, 2.75) is 13.8 Å². The number of aromatic nitrogens is 1. The minimum absolute atomic E-state index is 0.319. The first kappa shape index (κ1) is 11.1. The van der Waals surface area contributed by atoms with Crippen LogP contribution in [0, 0.1) is 19.7 Å². The smallest absolute Gasteiger partial charge is 0.149 e. The number of benzene rings is 1.